The molecular weight excluding hydrogens is 178 g/mol. The molecule has 66 valence electrons. The van der Waals surface area contributed by atoms with Gasteiger partial charge in [-0.05, 0) is 0 Å². The lowest BCUT2D eigenvalue weighted by Gasteiger charge is -2.15. The first kappa shape index (κ1) is 10.2. The monoisotopic (exact) mass is 180 g/mol. The molecule has 0 aromatic rings. The molecule has 0 saturated carbocycles. The number of carbonyl (C=O) groups is 1. The SMILES string of the molecule is O=C(CF)C(F)(F)C(F)(F)F. The van der Waals surface area contributed by atoms with Crippen molar-refractivity contribution in [3.8, 4) is 0 Å². The van der Waals surface area contributed by atoms with Gasteiger partial charge < -0.3 is 0 Å². The van der Waals surface area contributed by atoms with Crippen LogP contribution in [0.25, 0.3) is 0 Å². The number of carbonyl (C=O) groups excluding carboxylic acids is 1. The van der Waals surface area contributed by atoms with Crippen LogP contribution in [-0.2, 0) is 4.79 Å². The second-order valence-electron chi connectivity index (χ2n) is 1.63. The molecule has 0 aliphatic rings. The van der Waals surface area contributed by atoms with Crippen LogP contribution in [-0.4, -0.2) is 24.6 Å². The summed E-state index contributed by atoms with van der Waals surface area (Å²) in [5, 5.41) is 0. The van der Waals surface area contributed by atoms with E-state index in [2.05, 4.69) is 0 Å². The molecular formula is C4H2F6O. The second-order valence-corrected chi connectivity index (χ2v) is 1.63. The second kappa shape index (κ2) is 2.71. The Morgan fingerprint density at radius 1 is 1.09 bits per heavy atom. The molecule has 0 amide bonds. The molecule has 0 aromatic heterocycles. The fourth-order valence-corrected chi connectivity index (χ4v) is 0.242. The Morgan fingerprint density at radius 3 is 1.55 bits per heavy atom. The van der Waals surface area contributed by atoms with Crippen LogP contribution < -0.4 is 0 Å². The van der Waals surface area contributed by atoms with Crippen molar-refractivity contribution >= 4 is 5.78 Å². The van der Waals surface area contributed by atoms with Gasteiger partial charge in [-0.25, -0.2) is 4.39 Å². The Morgan fingerprint density at radius 2 is 1.45 bits per heavy atom. The Bertz CT molecular complexity index is 158. The summed E-state index contributed by atoms with van der Waals surface area (Å²) in [6.07, 6.45) is -6.00. The van der Waals surface area contributed by atoms with Crippen LogP contribution in [0.1, 0.15) is 0 Å². The van der Waals surface area contributed by atoms with E-state index in [0.717, 1.165) is 0 Å². The van der Waals surface area contributed by atoms with Crippen LogP contribution in [0.2, 0.25) is 0 Å². The van der Waals surface area contributed by atoms with Gasteiger partial charge in [-0.3, -0.25) is 4.79 Å². The molecule has 11 heavy (non-hydrogen) atoms. The van der Waals surface area contributed by atoms with Gasteiger partial charge in [0.05, 0.1) is 0 Å². The zero-order chi connectivity index (χ0) is 9.28. The van der Waals surface area contributed by atoms with Crippen molar-refractivity contribution in [2.45, 2.75) is 12.1 Å². The van der Waals surface area contributed by atoms with E-state index in [1.165, 1.54) is 0 Å². The maximum Gasteiger partial charge on any atom is 0.461 e. The molecule has 0 spiro atoms. The highest BCUT2D eigenvalue weighted by Crippen LogP contribution is 2.35. The average molecular weight is 180 g/mol. The van der Waals surface area contributed by atoms with Crippen molar-refractivity contribution in [3.05, 3.63) is 0 Å². The quantitative estimate of drug-likeness (QED) is 0.591. The number of hydrogen-bond donors (Lipinski definition) is 0. The first-order chi connectivity index (χ1) is 4.73. The molecule has 0 saturated heterocycles. The Hall–Kier alpha value is -0.750. The van der Waals surface area contributed by atoms with Gasteiger partial charge in [0.2, 0.25) is 5.78 Å². The van der Waals surface area contributed by atoms with Crippen LogP contribution in [0.15, 0.2) is 0 Å². The molecule has 0 radical (unpaired) electrons. The average Bonchev–Trinajstić information content (AvgIpc) is 1.83. The highest BCUT2D eigenvalue weighted by atomic mass is 19.4. The van der Waals surface area contributed by atoms with E-state index in [1.807, 2.05) is 0 Å². The lowest BCUT2D eigenvalue weighted by molar-refractivity contribution is -0.268. The number of ketones is 1. The highest BCUT2D eigenvalue weighted by Gasteiger charge is 2.62. The maximum absolute atomic E-state index is 11.6. The summed E-state index contributed by atoms with van der Waals surface area (Å²) in [6.45, 7) is -2.33. The topological polar surface area (TPSA) is 17.1 Å². The van der Waals surface area contributed by atoms with E-state index < -0.39 is 24.6 Å². The molecule has 0 N–H and O–H groups in total. The smallest absolute Gasteiger partial charge is 0.290 e. The molecule has 0 unspecified atom stereocenters. The van der Waals surface area contributed by atoms with Gasteiger partial charge in [-0.2, -0.15) is 22.0 Å². The summed E-state index contributed by atoms with van der Waals surface area (Å²) in [5.74, 6) is -8.34. The summed E-state index contributed by atoms with van der Waals surface area (Å²) in [6, 6.07) is 0. The first-order valence-corrected chi connectivity index (χ1v) is 2.27. The minimum Gasteiger partial charge on any atom is -0.290 e. The number of Topliss-reactive ketones (excluding diaryl/α,β-unsaturated/α-hetero) is 1. The van der Waals surface area contributed by atoms with Crippen molar-refractivity contribution in [3.63, 3.8) is 0 Å². The van der Waals surface area contributed by atoms with Crippen LogP contribution in [0.3, 0.4) is 0 Å². The molecule has 0 atom stereocenters. The molecule has 1 nitrogen and oxygen atoms in total. The first-order valence-electron chi connectivity index (χ1n) is 2.27. The van der Waals surface area contributed by atoms with Crippen molar-refractivity contribution in [2.24, 2.45) is 0 Å². The van der Waals surface area contributed by atoms with Gasteiger partial charge in [-0.1, -0.05) is 0 Å². The molecule has 0 aromatic carbocycles. The minimum absolute atomic E-state index is 2.33. The van der Waals surface area contributed by atoms with Gasteiger partial charge >= 0.3 is 12.1 Å². The highest BCUT2D eigenvalue weighted by molar-refractivity contribution is 5.87. The molecule has 0 aliphatic carbocycles. The van der Waals surface area contributed by atoms with E-state index in [1.54, 1.807) is 0 Å². The van der Waals surface area contributed by atoms with Crippen molar-refractivity contribution in [1.29, 1.82) is 0 Å². The third-order valence-electron chi connectivity index (χ3n) is 0.828. The molecule has 0 bridgehead atoms. The van der Waals surface area contributed by atoms with Crippen LogP contribution in [0.5, 0.6) is 0 Å². The van der Waals surface area contributed by atoms with Gasteiger partial charge in [-0.15, -0.1) is 0 Å². The van der Waals surface area contributed by atoms with Crippen LogP contribution >= 0.6 is 0 Å². The zero-order valence-corrected chi connectivity index (χ0v) is 4.88. The van der Waals surface area contributed by atoms with Crippen molar-refractivity contribution < 1.29 is 31.1 Å². The largest absolute Gasteiger partial charge is 0.461 e. The third kappa shape index (κ3) is 1.84. The van der Waals surface area contributed by atoms with Gasteiger partial charge in [0.25, 0.3) is 0 Å². The Balaban J connectivity index is 4.59. The van der Waals surface area contributed by atoms with Crippen molar-refractivity contribution in [2.75, 3.05) is 6.67 Å². The number of rotatable bonds is 2. The van der Waals surface area contributed by atoms with E-state index in [9.17, 15) is 31.1 Å². The molecule has 0 rings (SSSR count). The molecule has 0 fully saturated rings. The third-order valence-corrected chi connectivity index (χ3v) is 0.828. The summed E-state index contributed by atoms with van der Waals surface area (Å²) in [7, 11) is 0. The minimum atomic E-state index is -6.00. The fraction of sp³-hybridized carbons (Fsp3) is 0.750. The van der Waals surface area contributed by atoms with Gasteiger partial charge in [0.15, 0.2) is 6.67 Å². The van der Waals surface area contributed by atoms with E-state index in [0.29, 0.717) is 0 Å². The number of alkyl halides is 6. The normalized spacial score (nSPS) is 13.3. The van der Waals surface area contributed by atoms with Gasteiger partial charge in [0.1, 0.15) is 0 Å². The summed E-state index contributed by atoms with van der Waals surface area (Å²) in [5.41, 5.74) is 0. The Kier molecular flexibility index (Phi) is 2.52. The lowest BCUT2D eigenvalue weighted by Crippen LogP contribution is -2.44. The summed E-state index contributed by atoms with van der Waals surface area (Å²) in [4.78, 5) is 9.64. The Labute approximate surface area is 57.0 Å². The van der Waals surface area contributed by atoms with Crippen LogP contribution in [0.4, 0.5) is 26.3 Å². The van der Waals surface area contributed by atoms with Gasteiger partial charge in [0, 0.05) is 0 Å². The zero-order valence-electron chi connectivity index (χ0n) is 4.88. The number of hydrogen-bond acceptors (Lipinski definition) is 1. The summed E-state index contributed by atoms with van der Waals surface area (Å²) >= 11 is 0. The molecule has 0 heterocycles. The van der Waals surface area contributed by atoms with E-state index >= 15 is 0 Å². The fourth-order valence-electron chi connectivity index (χ4n) is 0.242. The predicted octanol–water partition coefficient (Wildman–Crippen LogP) is 1.72. The number of halogens is 6. The summed E-state index contributed by atoms with van der Waals surface area (Å²) < 4.78 is 67.7. The lowest BCUT2D eigenvalue weighted by atomic mass is 10.2. The standard InChI is InChI=1S/C4H2F6O/c5-1-2(11)3(6,7)4(8,9)10/h1H2. The van der Waals surface area contributed by atoms with E-state index in [-0.39, 0.29) is 0 Å². The molecule has 7 heteroatoms. The predicted molar refractivity (Wildman–Crippen MR) is 22.0 cm³/mol. The molecule has 0 aliphatic heterocycles. The van der Waals surface area contributed by atoms with E-state index in [4.69, 9.17) is 0 Å². The van der Waals surface area contributed by atoms with Crippen LogP contribution in [0, 0.1) is 0 Å². The van der Waals surface area contributed by atoms with Crippen molar-refractivity contribution in [1.82, 2.24) is 0 Å². The maximum atomic E-state index is 11.6.